The fourth-order valence-corrected chi connectivity index (χ4v) is 5.76. The maximum absolute atomic E-state index is 9.81. The largest absolute Gasteiger partial charge is 0.497 e. The molecule has 2 fully saturated rings. The molecule has 0 radical (unpaired) electrons. The molecule has 11 nitrogen and oxygen atoms in total. The van der Waals surface area contributed by atoms with Crippen molar-refractivity contribution in [2.75, 3.05) is 37.0 Å². The van der Waals surface area contributed by atoms with Gasteiger partial charge in [-0.2, -0.15) is 20.0 Å². The van der Waals surface area contributed by atoms with Crippen molar-refractivity contribution in [1.29, 1.82) is 10.5 Å². The lowest BCUT2D eigenvalue weighted by Crippen LogP contribution is -2.50. The van der Waals surface area contributed by atoms with E-state index >= 15 is 0 Å². The first-order valence-electron chi connectivity index (χ1n) is 14.3. The summed E-state index contributed by atoms with van der Waals surface area (Å²) >= 11 is 6.95. The molecular formula is C31H32ClN9O2. The second-order valence-corrected chi connectivity index (χ2v) is 11.6. The molecule has 0 bridgehead atoms. The summed E-state index contributed by atoms with van der Waals surface area (Å²) < 4.78 is 6.82. The fraction of sp³-hybridized carbons (Fsp3) is 0.387. The van der Waals surface area contributed by atoms with Gasteiger partial charge in [0, 0.05) is 25.7 Å². The van der Waals surface area contributed by atoms with E-state index in [9.17, 15) is 15.6 Å². The van der Waals surface area contributed by atoms with Crippen molar-refractivity contribution in [3.05, 3.63) is 70.0 Å². The number of benzene rings is 2. The molecule has 1 saturated carbocycles. The fourth-order valence-electron chi connectivity index (χ4n) is 5.42. The van der Waals surface area contributed by atoms with Crippen molar-refractivity contribution in [1.82, 2.24) is 24.5 Å². The van der Waals surface area contributed by atoms with Gasteiger partial charge < -0.3 is 20.1 Å². The zero-order chi connectivity index (χ0) is 30.1. The van der Waals surface area contributed by atoms with Crippen LogP contribution in [0.15, 0.2) is 42.6 Å². The third-order valence-corrected chi connectivity index (χ3v) is 8.48. The first kappa shape index (κ1) is 28.7. The molecule has 1 unspecified atom stereocenters. The minimum Gasteiger partial charge on any atom is -0.497 e. The van der Waals surface area contributed by atoms with Crippen LogP contribution in [-0.4, -0.2) is 68.5 Å². The van der Waals surface area contributed by atoms with E-state index in [1.165, 1.54) is 10.7 Å². The normalized spacial score (nSPS) is 15.9. The first-order valence-corrected chi connectivity index (χ1v) is 14.7. The number of methoxy groups -OCH3 is 1. The second-order valence-electron chi connectivity index (χ2n) is 11.2. The molecule has 1 atom stereocenters. The number of β-amino-alcohol motifs (C(OH)–C–C–N with tert-alkyl or cyclic N) is 1. The average molecular weight is 598 g/mol. The Bertz CT molecular complexity index is 1720. The Morgan fingerprint density at radius 3 is 2.60 bits per heavy atom. The van der Waals surface area contributed by atoms with Crippen LogP contribution in [0.5, 0.6) is 5.75 Å². The SMILES string of the molecule is COc1ccc(CN(c2nc(Nc3cc(C#N)cc(C(C)CCN4CC(O)C4)c3Cl)nn3c(C#N)cnc23)C2CC2)cc1. The number of nitrogens with one attached hydrogen (secondary N) is 1. The molecule has 1 saturated heterocycles. The van der Waals surface area contributed by atoms with E-state index in [1.54, 1.807) is 13.2 Å². The quantitative estimate of drug-likeness (QED) is 0.252. The first-order chi connectivity index (χ1) is 20.9. The maximum Gasteiger partial charge on any atom is 0.247 e. The number of aliphatic hydroxyl groups excluding tert-OH is 1. The van der Waals surface area contributed by atoms with Crippen molar-refractivity contribution < 1.29 is 9.84 Å². The average Bonchev–Trinajstić information content (AvgIpc) is 3.77. The van der Waals surface area contributed by atoms with Crippen LogP contribution >= 0.6 is 11.6 Å². The van der Waals surface area contributed by atoms with E-state index in [-0.39, 0.29) is 29.7 Å². The second kappa shape index (κ2) is 12.1. The number of imidazole rings is 1. The Morgan fingerprint density at radius 1 is 1.19 bits per heavy atom. The Kier molecular flexibility index (Phi) is 8.04. The molecule has 3 heterocycles. The number of hydrogen-bond acceptors (Lipinski definition) is 10. The molecule has 2 aromatic heterocycles. The maximum atomic E-state index is 9.81. The molecule has 43 heavy (non-hydrogen) atoms. The summed E-state index contributed by atoms with van der Waals surface area (Å²) in [5.41, 5.74) is 3.69. The highest BCUT2D eigenvalue weighted by Crippen LogP contribution is 2.38. The smallest absolute Gasteiger partial charge is 0.247 e. The third kappa shape index (κ3) is 6.06. The number of hydrogen-bond donors (Lipinski definition) is 2. The monoisotopic (exact) mass is 597 g/mol. The highest BCUT2D eigenvalue weighted by atomic mass is 35.5. The van der Waals surface area contributed by atoms with E-state index in [4.69, 9.17) is 21.3 Å². The number of nitrogens with zero attached hydrogens (tertiary/aromatic N) is 8. The van der Waals surface area contributed by atoms with Crippen LogP contribution in [0.25, 0.3) is 5.65 Å². The Labute approximate surface area is 254 Å². The van der Waals surface area contributed by atoms with Gasteiger partial charge in [0.05, 0.1) is 41.8 Å². The molecular weight excluding hydrogens is 566 g/mol. The van der Waals surface area contributed by atoms with Gasteiger partial charge in [-0.15, -0.1) is 5.10 Å². The third-order valence-electron chi connectivity index (χ3n) is 8.05. The number of rotatable bonds is 11. The molecule has 1 aliphatic carbocycles. The summed E-state index contributed by atoms with van der Waals surface area (Å²) in [5, 5.41) is 37.5. The van der Waals surface area contributed by atoms with Gasteiger partial charge in [0.25, 0.3) is 0 Å². The molecule has 1 aliphatic heterocycles. The van der Waals surface area contributed by atoms with Crippen LogP contribution in [0.3, 0.4) is 0 Å². The van der Waals surface area contributed by atoms with Crippen LogP contribution in [0.1, 0.15) is 54.5 Å². The summed E-state index contributed by atoms with van der Waals surface area (Å²) in [6.45, 7) is 4.88. The van der Waals surface area contributed by atoms with Crippen LogP contribution in [-0.2, 0) is 6.54 Å². The zero-order valence-electron chi connectivity index (χ0n) is 24.0. The van der Waals surface area contributed by atoms with Gasteiger partial charge in [-0.1, -0.05) is 30.7 Å². The molecule has 4 aromatic rings. The molecule has 0 amide bonds. The predicted molar refractivity (Wildman–Crippen MR) is 163 cm³/mol. The number of fused-ring (bicyclic) bond motifs is 1. The van der Waals surface area contributed by atoms with Crippen LogP contribution in [0, 0.1) is 22.7 Å². The van der Waals surface area contributed by atoms with Crippen molar-refractivity contribution in [2.45, 2.75) is 50.8 Å². The number of aromatic nitrogens is 4. The van der Waals surface area contributed by atoms with Gasteiger partial charge in [-0.3, -0.25) is 4.90 Å². The van der Waals surface area contributed by atoms with Gasteiger partial charge in [0.15, 0.2) is 17.2 Å². The number of likely N-dealkylation sites (tertiary alicyclic amines) is 1. The van der Waals surface area contributed by atoms with Gasteiger partial charge in [0.2, 0.25) is 5.95 Å². The summed E-state index contributed by atoms with van der Waals surface area (Å²) in [6, 6.07) is 16.1. The number of aliphatic hydroxyl groups is 1. The number of nitriles is 2. The van der Waals surface area contributed by atoms with Crippen molar-refractivity contribution in [3.63, 3.8) is 0 Å². The van der Waals surface area contributed by atoms with Crippen LogP contribution in [0.4, 0.5) is 17.5 Å². The van der Waals surface area contributed by atoms with E-state index in [0.29, 0.717) is 47.4 Å². The molecule has 2 aromatic carbocycles. The van der Waals surface area contributed by atoms with Crippen LogP contribution in [0.2, 0.25) is 5.02 Å². The molecule has 6 rings (SSSR count). The van der Waals surface area contributed by atoms with Crippen LogP contribution < -0.4 is 15.0 Å². The summed E-state index contributed by atoms with van der Waals surface area (Å²) in [4.78, 5) is 13.8. The molecule has 12 heteroatoms. The summed E-state index contributed by atoms with van der Waals surface area (Å²) in [5.74, 6) is 1.71. The topological polar surface area (TPSA) is 139 Å². The molecule has 0 spiro atoms. The van der Waals surface area contributed by atoms with E-state index in [0.717, 1.165) is 42.7 Å². The lowest BCUT2D eigenvalue weighted by atomic mass is 9.94. The highest BCUT2D eigenvalue weighted by molar-refractivity contribution is 6.34. The lowest BCUT2D eigenvalue weighted by Gasteiger charge is -2.36. The summed E-state index contributed by atoms with van der Waals surface area (Å²) in [6.07, 6.45) is 4.12. The molecule has 220 valence electrons. The predicted octanol–water partition coefficient (Wildman–Crippen LogP) is 4.61. The van der Waals surface area contributed by atoms with Crippen molar-refractivity contribution in [3.8, 4) is 17.9 Å². The van der Waals surface area contributed by atoms with E-state index < -0.39 is 0 Å². The Morgan fingerprint density at radius 2 is 1.95 bits per heavy atom. The van der Waals surface area contributed by atoms with E-state index in [2.05, 4.69) is 44.3 Å². The van der Waals surface area contributed by atoms with Crippen molar-refractivity contribution >= 4 is 34.7 Å². The number of ether oxygens (including phenoxy) is 1. The van der Waals surface area contributed by atoms with Gasteiger partial charge in [-0.25, -0.2) is 4.98 Å². The summed E-state index contributed by atoms with van der Waals surface area (Å²) in [7, 11) is 1.64. The minimum atomic E-state index is -0.247. The highest BCUT2D eigenvalue weighted by Gasteiger charge is 2.33. The number of anilines is 3. The van der Waals surface area contributed by atoms with Gasteiger partial charge in [0.1, 0.15) is 11.8 Å². The minimum absolute atomic E-state index is 0.0757. The van der Waals surface area contributed by atoms with Crippen molar-refractivity contribution in [2.24, 2.45) is 0 Å². The van der Waals surface area contributed by atoms with E-state index in [1.807, 2.05) is 30.3 Å². The molecule has 2 aliphatic rings. The van der Waals surface area contributed by atoms with Gasteiger partial charge >= 0.3 is 0 Å². The lowest BCUT2D eigenvalue weighted by molar-refractivity contribution is 0.00100. The molecule has 2 N–H and O–H groups in total. The number of halogens is 1. The zero-order valence-corrected chi connectivity index (χ0v) is 24.8. The Hall–Kier alpha value is -4.42. The van der Waals surface area contributed by atoms with Gasteiger partial charge in [-0.05, 0) is 67.1 Å². The standard InChI is InChI=1S/C31H32ClN9O2/c1-19(9-10-39-17-24(42)18-39)26-11-21(13-33)12-27(28(26)32)36-31-37-30(29-35-15-23(14-34)41(29)38-31)40(22-5-6-22)16-20-3-7-25(43-2)8-4-20/h3-4,7-8,11-12,15,19,22,24,42H,5-6,9-10,16-18H2,1-2H3,(H,36,38). The Balaban J connectivity index is 1.34.